The summed E-state index contributed by atoms with van der Waals surface area (Å²) in [6.45, 7) is 1.40. The van der Waals surface area contributed by atoms with Crippen LogP contribution in [0.5, 0.6) is 11.5 Å². The smallest absolute Gasteiger partial charge is 0.229 e. The first-order valence-corrected chi connectivity index (χ1v) is 10.1. The Labute approximate surface area is 184 Å². The highest BCUT2D eigenvalue weighted by Crippen LogP contribution is 2.46. The van der Waals surface area contributed by atoms with Gasteiger partial charge in [0.15, 0.2) is 17.5 Å². The van der Waals surface area contributed by atoms with E-state index < -0.39 is 0 Å². The zero-order valence-electron chi connectivity index (χ0n) is 17.2. The van der Waals surface area contributed by atoms with Crippen LogP contribution in [0.25, 0.3) is 0 Å². The lowest BCUT2D eigenvalue weighted by atomic mass is 9.82. The molecule has 0 saturated heterocycles. The fourth-order valence-electron chi connectivity index (χ4n) is 3.94. The number of aliphatic imine (C=N–C) groups is 1. The van der Waals surface area contributed by atoms with Gasteiger partial charge in [0, 0.05) is 24.5 Å². The number of para-hydroxylation sites is 1. The number of aromatic hydroxyl groups is 1. The molecule has 0 bridgehead atoms. The van der Waals surface area contributed by atoms with E-state index in [-0.39, 0.29) is 35.0 Å². The Balaban J connectivity index is 1.76. The van der Waals surface area contributed by atoms with Crippen LogP contribution in [0.1, 0.15) is 24.0 Å². The summed E-state index contributed by atoms with van der Waals surface area (Å²) in [4.78, 5) is 16.8. The monoisotopic (exact) mass is 424 g/mol. The Kier molecular flexibility index (Phi) is 4.71. The number of benzene rings is 3. The van der Waals surface area contributed by atoms with E-state index in [0.29, 0.717) is 17.0 Å². The average molecular weight is 424 g/mol. The molecule has 0 amide bonds. The van der Waals surface area contributed by atoms with E-state index in [1.165, 1.54) is 18.0 Å². The lowest BCUT2D eigenvalue weighted by Crippen LogP contribution is -2.48. The molecule has 0 spiro atoms. The SMILES string of the molecule is CC(=O)C1=NC2=C(C(=N)N(c3ccccc3)N1)C(c1ccccc1)c1ccc(O)cc1O2. The van der Waals surface area contributed by atoms with Gasteiger partial charge in [-0.25, -0.2) is 5.01 Å². The second-order valence-electron chi connectivity index (χ2n) is 7.53. The van der Waals surface area contributed by atoms with Gasteiger partial charge in [-0.15, -0.1) is 0 Å². The summed E-state index contributed by atoms with van der Waals surface area (Å²) in [5.74, 6) is 0.129. The summed E-state index contributed by atoms with van der Waals surface area (Å²) in [5.41, 5.74) is 5.92. The quantitative estimate of drug-likeness (QED) is 0.588. The van der Waals surface area contributed by atoms with Crippen molar-refractivity contribution in [2.45, 2.75) is 12.8 Å². The van der Waals surface area contributed by atoms with Gasteiger partial charge in [-0.05, 0) is 23.8 Å². The number of nitrogens with zero attached hydrogens (tertiary/aromatic N) is 2. The van der Waals surface area contributed by atoms with E-state index in [2.05, 4.69) is 10.4 Å². The van der Waals surface area contributed by atoms with Crippen molar-refractivity contribution in [1.29, 1.82) is 5.41 Å². The maximum absolute atomic E-state index is 12.4. The highest BCUT2D eigenvalue weighted by Gasteiger charge is 2.38. The molecular weight excluding hydrogens is 404 g/mol. The fourth-order valence-corrected chi connectivity index (χ4v) is 3.94. The minimum absolute atomic E-state index is 0.0546. The third kappa shape index (κ3) is 3.30. The molecule has 3 aromatic rings. The van der Waals surface area contributed by atoms with Crippen LogP contribution in [0.3, 0.4) is 0 Å². The number of nitrogens with one attached hydrogen (secondary N) is 2. The predicted octanol–water partition coefficient (Wildman–Crippen LogP) is 4.12. The van der Waals surface area contributed by atoms with Gasteiger partial charge in [-0.1, -0.05) is 54.6 Å². The lowest BCUT2D eigenvalue weighted by Gasteiger charge is -2.32. The number of ether oxygens (including phenoxy) is 1. The van der Waals surface area contributed by atoms with Gasteiger partial charge in [0.1, 0.15) is 11.5 Å². The van der Waals surface area contributed by atoms with Crippen molar-refractivity contribution in [1.82, 2.24) is 5.43 Å². The summed E-state index contributed by atoms with van der Waals surface area (Å²) in [7, 11) is 0. The zero-order valence-corrected chi connectivity index (χ0v) is 17.2. The number of phenolic OH excluding ortho intramolecular Hbond substituents is 1. The first kappa shape index (κ1) is 19.6. The van der Waals surface area contributed by atoms with Gasteiger partial charge in [-0.2, -0.15) is 4.99 Å². The molecule has 7 nitrogen and oxygen atoms in total. The van der Waals surface area contributed by atoms with Crippen molar-refractivity contribution in [3.63, 3.8) is 0 Å². The number of anilines is 1. The maximum atomic E-state index is 12.4. The third-order valence-corrected chi connectivity index (χ3v) is 5.42. The number of phenols is 1. The molecule has 0 saturated carbocycles. The topological polar surface area (TPSA) is 98.0 Å². The molecule has 5 rings (SSSR count). The molecule has 0 aliphatic carbocycles. The van der Waals surface area contributed by atoms with Crippen LogP contribution >= 0.6 is 0 Å². The van der Waals surface area contributed by atoms with Crippen LogP contribution in [0.4, 0.5) is 5.69 Å². The molecule has 2 aliphatic heterocycles. The number of hydrazine groups is 1. The number of amidine groups is 2. The van der Waals surface area contributed by atoms with Crippen LogP contribution < -0.4 is 15.2 Å². The summed E-state index contributed by atoms with van der Waals surface area (Å²) in [6.07, 6.45) is 0. The summed E-state index contributed by atoms with van der Waals surface area (Å²) >= 11 is 0. The van der Waals surface area contributed by atoms with Crippen molar-refractivity contribution in [3.05, 3.63) is 101 Å². The normalized spacial score (nSPS) is 17.4. The third-order valence-electron chi connectivity index (χ3n) is 5.42. The Morgan fingerprint density at radius 2 is 1.75 bits per heavy atom. The average Bonchev–Trinajstić information content (AvgIpc) is 2.95. The Bertz CT molecular complexity index is 1280. The summed E-state index contributed by atoms with van der Waals surface area (Å²) in [6, 6.07) is 24.0. The highest BCUT2D eigenvalue weighted by molar-refractivity contribution is 6.39. The second kappa shape index (κ2) is 7.70. The first-order chi connectivity index (χ1) is 15.5. The lowest BCUT2D eigenvalue weighted by molar-refractivity contribution is -0.111. The minimum Gasteiger partial charge on any atom is -0.508 e. The van der Waals surface area contributed by atoms with Crippen LogP contribution in [-0.4, -0.2) is 22.6 Å². The molecule has 158 valence electrons. The van der Waals surface area contributed by atoms with Crippen molar-refractivity contribution in [2.24, 2.45) is 4.99 Å². The van der Waals surface area contributed by atoms with Gasteiger partial charge in [0.25, 0.3) is 0 Å². The van der Waals surface area contributed by atoms with Crippen LogP contribution in [0.2, 0.25) is 0 Å². The van der Waals surface area contributed by atoms with Crippen molar-refractivity contribution >= 4 is 23.1 Å². The van der Waals surface area contributed by atoms with Crippen LogP contribution in [0.15, 0.2) is 95.3 Å². The number of hydrogen-bond donors (Lipinski definition) is 3. The molecule has 0 fully saturated rings. The van der Waals surface area contributed by atoms with Gasteiger partial charge < -0.3 is 9.84 Å². The minimum atomic E-state index is -0.383. The van der Waals surface area contributed by atoms with Crippen LogP contribution in [0, 0.1) is 5.41 Å². The molecule has 0 aromatic heterocycles. The zero-order chi connectivity index (χ0) is 22.2. The predicted molar refractivity (Wildman–Crippen MR) is 122 cm³/mol. The fraction of sp³-hybridized carbons (Fsp3) is 0.0800. The largest absolute Gasteiger partial charge is 0.508 e. The molecule has 7 heteroatoms. The number of carbonyl (C=O) groups is 1. The number of rotatable bonds is 3. The van der Waals surface area contributed by atoms with E-state index in [9.17, 15) is 9.90 Å². The number of hydrogen-bond acceptors (Lipinski definition) is 6. The molecule has 2 aliphatic rings. The Morgan fingerprint density at radius 1 is 1.06 bits per heavy atom. The number of fused-ring (bicyclic) bond motifs is 1. The molecule has 2 heterocycles. The van der Waals surface area contributed by atoms with Gasteiger partial charge in [0.05, 0.1) is 11.3 Å². The molecular formula is C25H20N4O3. The van der Waals surface area contributed by atoms with Gasteiger partial charge >= 0.3 is 0 Å². The first-order valence-electron chi connectivity index (χ1n) is 10.1. The van der Waals surface area contributed by atoms with Crippen molar-refractivity contribution < 1.29 is 14.6 Å². The molecule has 3 aromatic carbocycles. The van der Waals surface area contributed by atoms with E-state index in [0.717, 1.165) is 11.1 Å². The highest BCUT2D eigenvalue weighted by atomic mass is 16.5. The van der Waals surface area contributed by atoms with E-state index in [4.69, 9.17) is 10.1 Å². The van der Waals surface area contributed by atoms with Crippen molar-refractivity contribution in [2.75, 3.05) is 5.01 Å². The Morgan fingerprint density at radius 3 is 2.44 bits per heavy atom. The number of ketones is 1. The van der Waals surface area contributed by atoms with E-state index in [1.54, 1.807) is 12.1 Å². The number of carbonyl (C=O) groups excluding carboxylic acids is 1. The molecule has 3 N–H and O–H groups in total. The maximum Gasteiger partial charge on any atom is 0.229 e. The molecule has 1 unspecified atom stereocenters. The summed E-state index contributed by atoms with van der Waals surface area (Å²) < 4.78 is 6.06. The standard InChI is InChI=1S/C25H20N4O3/c1-15(30)24-27-25-22(23(26)29(28-24)17-10-6-3-7-11-17)21(16-8-4-2-5-9-16)19-13-12-18(31)14-20(19)32-25/h2-14,21,26,31H,1H3,(H,27,28). The van der Waals surface area contributed by atoms with E-state index >= 15 is 0 Å². The van der Waals surface area contributed by atoms with Crippen LogP contribution in [-0.2, 0) is 4.79 Å². The summed E-state index contributed by atoms with van der Waals surface area (Å²) in [5, 5.41) is 20.7. The molecule has 0 radical (unpaired) electrons. The molecule has 32 heavy (non-hydrogen) atoms. The second-order valence-corrected chi connectivity index (χ2v) is 7.53. The number of Topliss-reactive ketones (excluding diaryl/α,β-unsaturated/α-hetero) is 1. The van der Waals surface area contributed by atoms with Crippen molar-refractivity contribution in [3.8, 4) is 11.5 Å². The Hall–Kier alpha value is -4.39. The molecule has 1 atom stereocenters. The van der Waals surface area contributed by atoms with Gasteiger partial charge in [-0.3, -0.25) is 15.6 Å². The van der Waals surface area contributed by atoms with Gasteiger partial charge in [0.2, 0.25) is 5.88 Å². The van der Waals surface area contributed by atoms with E-state index in [1.807, 2.05) is 60.7 Å².